The lowest BCUT2D eigenvalue weighted by Gasteiger charge is -2.13. The second-order valence-electron chi connectivity index (χ2n) is 4.18. The first-order valence-corrected chi connectivity index (χ1v) is 6.55. The smallest absolute Gasteiger partial charge is 0.332 e. The standard InChI is InChI=1S/C14H11BrN2O3/c1-3-8(2)17-13(19)11(12(18)16-14(17)20)9-4-6-10(15)7-5-9/h1,4-8,19H,2H3,(H,16,18,20). The van der Waals surface area contributed by atoms with E-state index < -0.39 is 23.2 Å². The molecule has 0 saturated carbocycles. The molecule has 0 fully saturated rings. The van der Waals surface area contributed by atoms with Crippen LogP contribution in [0.3, 0.4) is 0 Å². The Balaban J connectivity index is 2.78. The molecule has 0 radical (unpaired) electrons. The van der Waals surface area contributed by atoms with Crippen molar-refractivity contribution in [2.75, 3.05) is 0 Å². The second-order valence-corrected chi connectivity index (χ2v) is 5.09. The highest BCUT2D eigenvalue weighted by atomic mass is 79.9. The second kappa shape index (κ2) is 5.39. The van der Waals surface area contributed by atoms with Crippen molar-refractivity contribution in [3.8, 4) is 29.4 Å². The van der Waals surface area contributed by atoms with Crippen LogP contribution in [0.1, 0.15) is 13.0 Å². The fourth-order valence-corrected chi connectivity index (χ4v) is 2.11. The number of aromatic hydroxyl groups is 1. The number of halogens is 1. The largest absolute Gasteiger partial charge is 0.494 e. The number of nitrogens with zero attached hydrogens (tertiary/aromatic N) is 1. The van der Waals surface area contributed by atoms with Crippen LogP contribution in [0.25, 0.3) is 11.1 Å². The summed E-state index contributed by atoms with van der Waals surface area (Å²) in [5, 5.41) is 10.2. The molecule has 20 heavy (non-hydrogen) atoms. The molecule has 5 nitrogen and oxygen atoms in total. The van der Waals surface area contributed by atoms with E-state index in [1.54, 1.807) is 31.2 Å². The molecule has 0 amide bonds. The number of aromatic nitrogens is 2. The zero-order chi connectivity index (χ0) is 14.9. The first-order chi connectivity index (χ1) is 9.45. The van der Waals surface area contributed by atoms with Gasteiger partial charge in [0.25, 0.3) is 5.56 Å². The van der Waals surface area contributed by atoms with Crippen molar-refractivity contribution in [1.29, 1.82) is 0 Å². The highest BCUT2D eigenvalue weighted by Crippen LogP contribution is 2.26. The summed E-state index contributed by atoms with van der Waals surface area (Å²) in [7, 11) is 0. The summed E-state index contributed by atoms with van der Waals surface area (Å²) in [6.07, 6.45) is 5.27. The van der Waals surface area contributed by atoms with Gasteiger partial charge in [0.1, 0.15) is 5.56 Å². The summed E-state index contributed by atoms with van der Waals surface area (Å²) in [4.78, 5) is 25.8. The molecule has 102 valence electrons. The van der Waals surface area contributed by atoms with Crippen LogP contribution in [-0.2, 0) is 0 Å². The van der Waals surface area contributed by atoms with E-state index in [0.29, 0.717) is 5.56 Å². The molecule has 2 N–H and O–H groups in total. The molecule has 0 aliphatic rings. The molecular weight excluding hydrogens is 324 g/mol. The number of aromatic amines is 1. The predicted molar refractivity (Wildman–Crippen MR) is 79.7 cm³/mol. The molecular formula is C14H11BrN2O3. The van der Waals surface area contributed by atoms with Crippen molar-refractivity contribution >= 4 is 15.9 Å². The van der Waals surface area contributed by atoms with Crippen LogP contribution in [-0.4, -0.2) is 14.7 Å². The number of rotatable bonds is 2. The van der Waals surface area contributed by atoms with E-state index in [9.17, 15) is 14.7 Å². The molecule has 0 aliphatic heterocycles. The number of nitrogens with one attached hydrogen (secondary N) is 1. The minimum absolute atomic E-state index is 0.0131. The maximum atomic E-state index is 11.9. The minimum atomic E-state index is -0.737. The Bertz CT molecular complexity index is 797. The van der Waals surface area contributed by atoms with E-state index in [0.717, 1.165) is 9.04 Å². The average molecular weight is 335 g/mol. The molecule has 1 atom stereocenters. The van der Waals surface area contributed by atoms with E-state index >= 15 is 0 Å². The maximum Gasteiger partial charge on any atom is 0.332 e. The monoisotopic (exact) mass is 334 g/mol. The lowest BCUT2D eigenvalue weighted by atomic mass is 10.1. The third-order valence-corrected chi connectivity index (χ3v) is 3.41. The van der Waals surface area contributed by atoms with Gasteiger partial charge in [-0.1, -0.05) is 34.0 Å². The van der Waals surface area contributed by atoms with Gasteiger partial charge in [-0.05, 0) is 24.6 Å². The van der Waals surface area contributed by atoms with Gasteiger partial charge in [0.15, 0.2) is 0 Å². The SMILES string of the molecule is C#CC(C)n1c(O)c(-c2ccc(Br)cc2)c(=O)[nH]c1=O. The highest BCUT2D eigenvalue weighted by Gasteiger charge is 2.18. The first-order valence-electron chi connectivity index (χ1n) is 5.75. The van der Waals surface area contributed by atoms with Crippen LogP contribution in [0.15, 0.2) is 38.3 Å². The molecule has 0 spiro atoms. The fraction of sp³-hybridized carbons (Fsp3) is 0.143. The van der Waals surface area contributed by atoms with E-state index in [4.69, 9.17) is 6.42 Å². The van der Waals surface area contributed by atoms with Gasteiger partial charge in [-0.15, -0.1) is 6.42 Å². The molecule has 0 saturated heterocycles. The Morgan fingerprint density at radius 1 is 1.35 bits per heavy atom. The third kappa shape index (κ3) is 2.40. The van der Waals surface area contributed by atoms with Gasteiger partial charge in [-0.3, -0.25) is 9.78 Å². The van der Waals surface area contributed by atoms with Crippen molar-refractivity contribution in [3.05, 3.63) is 49.6 Å². The normalized spacial score (nSPS) is 11.8. The lowest BCUT2D eigenvalue weighted by Crippen LogP contribution is -2.32. The third-order valence-electron chi connectivity index (χ3n) is 2.88. The number of hydrogen-bond acceptors (Lipinski definition) is 3. The predicted octanol–water partition coefficient (Wildman–Crippen LogP) is 1.87. The maximum absolute atomic E-state index is 11.9. The van der Waals surface area contributed by atoms with E-state index in [1.807, 2.05) is 0 Å². The summed E-state index contributed by atoms with van der Waals surface area (Å²) in [6.45, 7) is 1.57. The zero-order valence-electron chi connectivity index (χ0n) is 10.6. The Kier molecular flexibility index (Phi) is 3.81. The van der Waals surface area contributed by atoms with Crippen molar-refractivity contribution in [2.24, 2.45) is 0 Å². The molecule has 1 unspecified atom stereocenters. The molecule has 1 heterocycles. The molecule has 1 aromatic carbocycles. The number of H-pyrrole nitrogens is 1. The van der Waals surface area contributed by atoms with Crippen LogP contribution in [0, 0.1) is 12.3 Å². The summed E-state index contributed by atoms with van der Waals surface area (Å²) < 4.78 is 1.81. The fourth-order valence-electron chi connectivity index (χ4n) is 1.85. The molecule has 0 aliphatic carbocycles. The van der Waals surface area contributed by atoms with E-state index in [1.165, 1.54) is 0 Å². The highest BCUT2D eigenvalue weighted by molar-refractivity contribution is 9.10. The Morgan fingerprint density at radius 2 is 1.95 bits per heavy atom. The van der Waals surface area contributed by atoms with Crippen LogP contribution in [0.5, 0.6) is 5.88 Å². The van der Waals surface area contributed by atoms with Crippen molar-refractivity contribution in [3.63, 3.8) is 0 Å². The summed E-state index contributed by atoms with van der Waals surface area (Å²) >= 11 is 3.29. The Hall–Kier alpha value is -2.26. The van der Waals surface area contributed by atoms with Crippen molar-refractivity contribution in [1.82, 2.24) is 9.55 Å². The van der Waals surface area contributed by atoms with Crippen LogP contribution in [0.4, 0.5) is 0 Å². The summed E-state index contributed by atoms with van der Waals surface area (Å²) in [5.74, 6) is 1.91. The van der Waals surface area contributed by atoms with Gasteiger partial charge in [-0.2, -0.15) is 0 Å². The Labute approximate surface area is 123 Å². The van der Waals surface area contributed by atoms with Gasteiger partial charge < -0.3 is 5.11 Å². The number of hydrogen-bond donors (Lipinski definition) is 2. The van der Waals surface area contributed by atoms with Crippen LogP contribution in [0.2, 0.25) is 0 Å². The van der Waals surface area contributed by atoms with Gasteiger partial charge in [0.2, 0.25) is 5.88 Å². The molecule has 6 heteroatoms. The number of benzene rings is 1. The topological polar surface area (TPSA) is 75.1 Å². The first kappa shape index (κ1) is 14.2. The lowest BCUT2D eigenvalue weighted by molar-refractivity contribution is 0.398. The van der Waals surface area contributed by atoms with Gasteiger partial charge in [-0.25, -0.2) is 9.36 Å². The quantitative estimate of drug-likeness (QED) is 0.823. The average Bonchev–Trinajstić information content (AvgIpc) is 2.40. The van der Waals surface area contributed by atoms with Gasteiger partial charge in [0.05, 0.1) is 6.04 Å². The Morgan fingerprint density at radius 3 is 2.50 bits per heavy atom. The van der Waals surface area contributed by atoms with Crippen LogP contribution >= 0.6 is 15.9 Å². The molecule has 2 rings (SSSR count). The number of terminal acetylenes is 1. The van der Waals surface area contributed by atoms with Gasteiger partial charge in [0, 0.05) is 4.47 Å². The van der Waals surface area contributed by atoms with Crippen molar-refractivity contribution < 1.29 is 5.11 Å². The van der Waals surface area contributed by atoms with Crippen molar-refractivity contribution in [2.45, 2.75) is 13.0 Å². The van der Waals surface area contributed by atoms with E-state index in [2.05, 4.69) is 26.8 Å². The minimum Gasteiger partial charge on any atom is -0.494 e. The molecule has 0 bridgehead atoms. The summed E-state index contributed by atoms with van der Waals surface area (Å²) in [5.41, 5.74) is -0.891. The van der Waals surface area contributed by atoms with Crippen LogP contribution < -0.4 is 11.2 Å². The van der Waals surface area contributed by atoms with Gasteiger partial charge >= 0.3 is 5.69 Å². The zero-order valence-corrected chi connectivity index (χ0v) is 12.1. The van der Waals surface area contributed by atoms with E-state index in [-0.39, 0.29) is 5.56 Å². The molecule has 2 aromatic rings. The molecule has 1 aromatic heterocycles. The summed E-state index contributed by atoms with van der Waals surface area (Å²) in [6, 6.07) is 6.10.